The van der Waals surface area contributed by atoms with E-state index in [-0.39, 0.29) is 0 Å². The molecular formula is C7H10O3. The average Bonchev–Trinajstić information content (AvgIpc) is 1.94. The lowest BCUT2D eigenvalue weighted by molar-refractivity contribution is 0.146. The Morgan fingerprint density at radius 1 is 1.40 bits per heavy atom. The van der Waals surface area contributed by atoms with Gasteiger partial charge in [-0.15, -0.1) is 0 Å². The van der Waals surface area contributed by atoms with Gasteiger partial charge in [-0.05, 0) is 12.2 Å². The highest BCUT2D eigenvalue weighted by molar-refractivity contribution is 5.20. The molecule has 0 fully saturated rings. The Bertz CT molecular complexity index is 172. The molecule has 0 aliphatic heterocycles. The van der Waals surface area contributed by atoms with Crippen molar-refractivity contribution in [3.05, 3.63) is 24.0 Å². The highest BCUT2D eigenvalue weighted by Crippen LogP contribution is 2.11. The van der Waals surface area contributed by atoms with Crippen molar-refractivity contribution < 1.29 is 14.9 Å². The Morgan fingerprint density at radius 3 is 2.60 bits per heavy atom. The third-order valence-corrected chi connectivity index (χ3v) is 1.35. The topological polar surface area (TPSA) is 49.7 Å². The molecule has 0 bridgehead atoms. The maximum absolute atomic E-state index is 9.10. The molecule has 10 heavy (non-hydrogen) atoms. The van der Waals surface area contributed by atoms with Gasteiger partial charge in [0, 0.05) is 0 Å². The van der Waals surface area contributed by atoms with Crippen LogP contribution in [-0.2, 0) is 4.74 Å². The molecule has 3 heteroatoms. The summed E-state index contributed by atoms with van der Waals surface area (Å²) >= 11 is 0. The molecule has 0 amide bonds. The second-order valence-corrected chi connectivity index (χ2v) is 2.09. The molecule has 1 rings (SSSR count). The maximum Gasteiger partial charge on any atom is 0.129 e. The summed E-state index contributed by atoms with van der Waals surface area (Å²) in [6, 6.07) is 0. The molecule has 1 aliphatic rings. The van der Waals surface area contributed by atoms with Crippen LogP contribution in [0.4, 0.5) is 0 Å². The number of aliphatic hydroxyl groups is 2. The second kappa shape index (κ2) is 2.86. The number of methoxy groups -OCH3 is 1. The summed E-state index contributed by atoms with van der Waals surface area (Å²) in [6.07, 6.45) is 3.13. The van der Waals surface area contributed by atoms with E-state index in [4.69, 9.17) is 14.9 Å². The third-order valence-electron chi connectivity index (χ3n) is 1.35. The number of hydrogen-bond donors (Lipinski definition) is 2. The SMILES string of the molecule is COC1=CC(O)C=CC1O. The highest BCUT2D eigenvalue weighted by atomic mass is 16.5. The van der Waals surface area contributed by atoms with Gasteiger partial charge < -0.3 is 14.9 Å². The molecule has 0 aromatic carbocycles. The number of ether oxygens (including phenoxy) is 1. The fourth-order valence-electron chi connectivity index (χ4n) is 0.825. The molecule has 2 atom stereocenters. The molecule has 56 valence electrons. The summed E-state index contributed by atoms with van der Waals surface area (Å²) in [5, 5.41) is 18.1. The molecule has 0 aromatic heterocycles. The first-order valence-corrected chi connectivity index (χ1v) is 3.04. The minimum absolute atomic E-state index is 0.398. The van der Waals surface area contributed by atoms with Crippen LogP contribution < -0.4 is 0 Å². The van der Waals surface area contributed by atoms with Crippen LogP contribution in [0.1, 0.15) is 0 Å². The summed E-state index contributed by atoms with van der Waals surface area (Å²) in [5.74, 6) is 0.398. The van der Waals surface area contributed by atoms with Crippen molar-refractivity contribution in [1.29, 1.82) is 0 Å². The van der Waals surface area contributed by atoms with Crippen LogP contribution in [0, 0.1) is 0 Å². The fourth-order valence-corrected chi connectivity index (χ4v) is 0.825. The fraction of sp³-hybridized carbons (Fsp3) is 0.429. The zero-order chi connectivity index (χ0) is 7.56. The summed E-state index contributed by atoms with van der Waals surface area (Å²) in [7, 11) is 1.46. The Hall–Kier alpha value is -0.800. The molecule has 0 spiro atoms. The van der Waals surface area contributed by atoms with Crippen LogP contribution in [0.25, 0.3) is 0 Å². The van der Waals surface area contributed by atoms with E-state index in [1.165, 1.54) is 25.3 Å². The van der Waals surface area contributed by atoms with Gasteiger partial charge in [0.2, 0.25) is 0 Å². The standard InChI is InChI=1S/C7H10O3/c1-10-7-4-5(8)2-3-6(7)9/h2-6,8-9H,1H3. The predicted molar refractivity (Wildman–Crippen MR) is 36.2 cm³/mol. The van der Waals surface area contributed by atoms with Crippen molar-refractivity contribution in [3.63, 3.8) is 0 Å². The maximum atomic E-state index is 9.10. The van der Waals surface area contributed by atoms with Gasteiger partial charge in [0.15, 0.2) is 0 Å². The molecular weight excluding hydrogens is 132 g/mol. The van der Waals surface area contributed by atoms with E-state index >= 15 is 0 Å². The van der Waals surface area contributed by atoms with E-state index < -0.39 is 12.2 Å². The lowest BCUT2D eigenvalue weighted by Crippen LogP contribution is -2.16. The first-order valence-electron chi connectivity index (χ1n) is 3.04. The second-order valence-electron chi connectivity index (χ2n) is 2.09. The number of aliphatic hydroxyl groups excluding tert-OH is 2. The van der Waals surface area contributed by atoms with Crippen LogP contribution in [0.2, 0.25) is 0 Å². The van der Waals surface area contributed by atoms with Crippen LogP contribution in [0.15, 0.2) is 24.0 Å². The van der Waals surface area contributed by atoms with Gasteiger partial charge in [0.25, 0.3) is 0 Å². The Morgan fingerprint density at radius 2 is 2.10 bits per heavy atom. The minimum Gasteiger partial charge on any atom is -0.498 e. The van der Waals surface area contributed by atoms with E-state index in [2.05, 4.69) is 0 Å². The Labute approximate surface area is 59.2 Å². The van der Waals surface area contributed by atoms with E-state index in [0.717, 1.165) is 0 Å². The summed E-state index contributed by atoms with van der Waals surface area (Å²) in [4.78, 5) is 0. The van der Waals surface area contributed by atoms with Crippen molar-refractivity contribution >= 4 is 0 Å². The summed E-state index contributed by atoms with van der Waals surface area (Å²) < 4.78 is 4.77. The average molecular weight is 142 g/mol. The van der Waals surface area contributed by atoms with Gasteiger partial charge in [-0.3, -0.25) is 0 Å². The lowest BCUT2D eigenvalue weighted by atomic mass is 10.1. The third kappa shape index (κ3) is 1.37. The van der Waals surface area contributed by atoms with E-state index in [1.54, 1.807) is 0 Å². The largest absolute Gasteiger partial charge is 0.498 e. The molecule has 2 N–H and O–H groups in total. The monoisotopic (exact) mass is 142 g/mol. The molecule has 0 saturated carbocycles. The Balaban J connectivity index is 2.69. The first kappa shape index (κ1) is 7.31. The summed E-state index contributed by atoms with van der Waals surface area (Å²) in [5.41, 5.74) is 0. The van der Waals surface area contributed by atoms with Crippen LogP contribution in [0.5, 0.6) is 0 Å². The number of hydrogen-bond acceptors (Lipinski definition) is 3. The van der Waals surface area contributed by atoms with E-state index in [9.17, 15) is 0 Å². The van der Waals surface area contributed by atoms with Gasteiger partial charge >= 0.3 is 0 Å². The molecule has 0 saturated heterocycles. The van der Waals surface area contributed by atoms with Crippen molar-refractivity contribution in [2.45, 2.75) is 12.2 Å². The minimum atomic E-state index is -0.701. The van der Waals surface area contributed by atoms with E-state index in [1.807, 2.05) is 0 Å². The molecule has 3 nitrogen and oxygen atoms in total. The van der Waals surface area contributed by atoms with Crippen molar-refractivity contribution in [3.8, 4) is 0 Å². The Kier molecular flexibility index (Phi) is 2.09. The molecule has 1 aliphatic carbocycles. The van der Waals surface area contributed by atoms with E-state index in [0.29, 0.717) is 5.76 Å². The summed E-state index contributed by atoms with van der Waals surface area (Å²) in [6.45, 7) is 0. The van der Waals surface area contributed by atoms with Crippen LogP contribution in [0.3, 0.4) is 0 Å². The molecule has 0 radical (unpaired) electrons. The number of rotatable bonds is 1. The van der Waals surface area contributed by atoms with Crippen LogP contribution >= 0.6 is 0 Å². The first-order chi connectivity index (χ1) is 4.74. The van der Waals surface area contributed by atoms with Crippen molar-refractivity contribution in [2.75, 3.05) is 7.11 Å². The van der Waals surface area contributed by atoms with Gasteiger partial charge in [0.05, 0.1) is 13.2 Å². The zero-order valence-corrected chi connectivity index (χ0v) is 5.69. The van der Waals surface area contributed by atoms with Crippen molar-refractivity contribution in [1.82, 2.24) is 0 Å². The van der Waals surface area contributed by atoms with Gasteiger partial charge in [-0.2, -0.15) is 0 Å². The zero-order valence-electron chi connectivity index (χ0n) is 5.69. The molecule has 0 heterocycles. The molecule has 0 aromatic rings. The predicted octanol–water partition coefficient (Wildman–Crippen LogP) is -0.192. The normalized spacial score (nSPS) is 31.7. The van der Waals surface area contributed by atoms with Gasteiger partial charge in [-0.1, -0.05) is 6.08 Å². The van der Waals surface area contributed by atoms with Gasteiger partial charge in [-0.25, -0.2) is 0 Å². The quantitative estimate of drug-likeness (QED) is 0.499. The van der Waals surface area contributed by atoms with Crippen molar-refractivity contribution in [2.24, 2.45) is 0 Å². The molecule has 2 unspecified atom stereocenters. The van der Waals surface area contributed by atoms with Gasteiger partial charge in [0.1, 0.15) is 11.9 Å². The lowest BCUT2D eigenvalue weighted by Gasteiger charge is -2.15. The smallest absolute Gasteiger partial charge is 0.129 e. The highest BCUT2D eigenvalue weighted by Gasteiger charge is 2.13. The van der Waals surface area contributed by atoms with Crippen LogP contribution in [-0.4, -0.2) is 29.5 Å².